The minimum Gasteiger partial charge on any atom is -0.438 e. The maximum atomic E-state index is 6.09. The standard InChI is InChI=1S/C16H20ClN3O/c1-3-9-18-11-13-5-8-16(20-19-13)21-14-6-7-15(17)12(4-2)10-14/h5-8,10,18H,3-4,9,11H2,1-2H3. The molecule has 5 heteroatoms. The van der Waals surface area contributed by atoms with Crippen LogP contribution >= 0.6 is 11.6 Å². The van der Waals surface area contributed by atoms with Gasteiger partial charge < -0.3 is 10.1 Å². The van der Waals surface area contributed by atoms with Gasteiger partial charge in [0.1, 0.15) is 5.75 Å². The number of nitrogens with zero attached hydrogens (tertiary/aromatic N) is 2. The highest BCUT2D eigenvalue weighted by atomic mass is 35.5. The maximum Gasteiger partial charge on any atom is 0.238 e. The number of benzene rings is 1. The monoisotopic (exact) mass is 305 g/mol. The Labute approximate surface area is 130 Å². The van der Waals surface area contributed by atoms with Gasteiger partial charge in [0.25, 0.3) is 0 Å². The lowest BCUT2D eigenvalue weighted by Gasteiger charge is -2.08. The SMILES string of the molecule is CCCNCc1ccc(Oc2ccc(Cl)c(CC)c2)nn1. The minimum absolute atomic E-state index is 0.485. The van der Waals surface area contributed by atoms with Crippen molar-refractivity contribution >= 4 is 11.6 Å². The molecule has 0 radical (unpaired) electrons. The van der Waals surface area contributed by atoms with E-state index in [2.05, 4.69) is 29.4 Å². The van der Waals surface area contributed by atoms with Gasteiger partial charge in [0.15, 0.2) is 0 Å². The molecule has 0 amide bonds. The van der Waals surface area contributed by atoms with Crippen molar-refractivity contribution < 1.29 is 4.74 Å². The molecular weight excluding hydrogens is 286 g/mol. The van der Waals surface area contributed by atoms with Crippen molar-refractivity contribution in [1.82, 2.24) is 15.5 Å². The van der Waals surface area contributed by atoms with Crippen LogP contribution in [0.1, 0.15) is 31.5 Å². The van der Waals surface area contributed by atoms with Gasteiger partial charge in [0.2, 0.25) is 5.88 Å². The molecule has 0 aliphatic carbocycles. The molecule has 2 aromatic rings. The van der Waals surface area contributed by atoms with E-state index in [0.717, 1.165) is 48.0 Å². The van der Waals surface area contributed by atoms with Crippen LogP contribution in [0.25, 0.3) is 0 Å². The minimum atomic E-state index is 0.485. The number of halogens is 1. The van der Waals surface area contributed by atoms with Crippen molar-refractivity contribution in [3.8, 4) is 11.6 Å². The average molecular weight is 306 g/mol. The van der Waals surface area contributed by atoms with Crippen LogP contribution in [0.15, 0.2) is 30.3 Å². The molecule has 1 aromatic carbocycles. The molecule has 0 aliphatic rings. The summed E-state index contributed by atoms with van der Waals surface area (Å²) < 4.78 is 5.70. The van der Waals surface area contributed by atoms with Crippen molar-refractivity contribution in [3.63, 3.8) is 0 Å². The summed E-state index contributed by atoms with van der Waals surface area (Å²) in [5.74, 6) is 1.21. The number of hydrogen-bond donors (Lipinski definition) is 1. The second-order valence-electron chi connectivity index (χ2n) is 4.75. The van der Waals surface area contributed by atoms with Gasteiger partial charge in [-0.25, -0.2) is 0 Å². The smallest absolute Gasteiger partial charge is 0.238 e. The molecule has 1 aromatic heterocycles. The molecule has 4 nitrogen and oxygen atoms in total. The highest BCUT2D eigenvalue weighted by Gasteiger charge is 2.04. The Morgan fingerprint density at radius 1 is 1.14 bits per heavy atom. The van der Waals surface area contributed by atoms with Gasteiger partial charge in [0.05, 0.1) is 5.69 Å². The molecule has 0 saturated carbocycles. The fraction of sp³-hybridized carbons (Fsp3) is 0.375. The number of hydrogen-bond acceptors (Lipinski definition) is 4. The van der Waals surface area contributed by atoms with Crippen molar-refractivity contribution in [2.45, 2.75) is 33.2 Å². The lowest BCUT2D eigenvalue weighted by atomic mass is 10.1. The first-order valence-electron chi connectivity index (χ1n) is 7.22. The van der Waals surface area contributed by atoms with E-state index in [1.807, 2.05) is 30.3 Å². The summed E-state index contributed by atoms with van der Waals surface area (Å²) in [4.78, 5) is 0. The van der Waals surface area contributed by atoms with Gasteiger partial charge in [0, 0.05) is 17.6 Å². The van der Waals surface area contributed by atoms with Crippen LogP contribution in [-0.4, -0.2) is 16.7 Å². The van der Waals surface area contributed by atoms with Crippen LogP contribution in [-0.2, 0) is 13.0 Å². The highest BCUT2D eigenvalue weighted by molar-refractivity contribution is 6.31. The molecule has 112 valence electrons. The van der Waals surface area contributed by atoms with E-state index in [9.17, 15) is 0 Å². The molecule has 1 N–H and O–H groups in total. The van der Waals surface area contributed by atoms with Crippen molar-refractivity contribution in [2.75, 3.05) is 6.54 Å². The Hall–Kier alpha value is -1.65. The van der Waals surface area contributed by atoms with Gasteiger partial charge >= 0.3 is 0 Å². The predicted octanol–water partition coefficient (Wildman–Crippen LogP) is 3.98. The van der Waals surface area contributed by atoms with E-state index < -0.39 is 0 Å². The fourth-order valence-electron chi connectivity index (χ4n) is 1.90. The topological polar surface area (TPSA) is 47.0 Å². The van der Waals surface area contributed by atoms with E-state index in [-0.39, 0.29) is 0 Å². The molecule has 2 rings (SSSR count). The second-order valence-corrected chi connectivity index (χ2v) is 5.16. The van der Waals surface area contributed by atoms with E-state index in [1.165, 1.54) is 0 Å². The maximum absolute atomic E-state index is 6.09. The Balaban J connectivity index is 1.99. The van der Waals surface area contributed by atoms with Crippen LogP contribution in [0.5, 0.6) is 11.6 Å². The third-order valence-corrected chi connectivity index (χ3v) is 3.42. The highest BCUT2D eigenvalue weighted by Crippen LogP contribution is 2.25. The summed E-state index contributed by atoms with van der Waals surface area (Å²) in [5.41, 5.74) is 1.96. The summed E-state index contributed by atoms with van der Waals surface area (Å²) in [5, 5.41) is 12.3. The summed E-state index contributed by atoms with van der Waals surface area (Å²) in [6, 6.07) is 9.35. The molecular formula is C16H20ClN3O. The van der Waals surface area contributed by atoms with Gasteiger partial charge in [-0.3, -0.25) is 0 Å². The van der Waals surface area contributed by atoms with Gasteiger partial charge in [-0.2, -0.15) is 5.10 Å². The first-order chi connectivity index (χ1) is 10.2. The largest absolute Gasteiger partial charge is 0.438 e. The number of aryl methyl sites for hydroxylation is 1. The number of rotatable bonds is 7. The van der Waals surface area contributed by atoms with E-state index in [0.29, 0.717) is 5.88 Å². The molecule has 0 bridgehead atoms. The second kappa shape index (κ2) is 7.96. The Bertz CT molecular complexity index is 572. The van der Waals surface area contributed by atoms with E-state index in [4.69, 9.17) is 16.3 Å². The third kappa shape index (κ3) is 4.69. The van der Waals surface area contributed by atoms with Crippen molar-refractivity contribution in [1.29, 1.82) is 0 Å². The molecule has 0 atom stereocenters. The first-order valence-corrected chi connectivity index (χ1v) is 7.60. The van der Waals surface area contributed by atoms with Crippen LogP contribution in [0.2, 0.25) is 5.02 Å². The van der Waals surface area contributed by atoms with Crippen LogP contribution in [0.4, 0.5) is 0 Å². The first kappa shape index (κ1) is 15.7. The zero-order chi connectivity index (χ0) is 15.1. The lowest BCUT2D eigenvalue weighted by Crippen LogP contribution is -2.15. The number of nitrogens with one attached hydrogen (secondary N) is 1. The Morgan fingerprint density at radius 2 is 2.00 bits per heavy atom. The van der Waals surface area contributed by atoms with Crippen molar-refractivity contribution in [3.05, 3.63) is 46.6 Å². The van der Waals surface area contributed by atoms with Gasteiger partial charge in [-0.1, -0.05) is 25.4 Å². The molecule has 0 unspecified atom stereocenters. The Morgan fingerprint density at radius 3 is 2.67 bits per heavy atom. The molecule has 0 spiro atoms. The zero-order valence-electron chi connectivity index (χ0n) is 12.4. The van der Waals surface area contributed by atoms with E-state index in [1.54, 1.807) is 0 Å². The summed E-state index contributed by atoms with van der Waals surface area (Å²) in [7, 11) is 0. The normalized spacial score (nSPS) is 10.6. The predicted molar refractivity (Wildman–Crippen MR) is 84.9 cm³/mol. The summed E-state index contributed by atoms with van der Waals surface area (Å²) >= 11 is 6.09. The zero-order valence-corrected chi connectivity index (χ0v) is 13.2. The quantitative estimate of drug-likeness (QED) is 0.786. The third-order valence-electron chi connectivity index (χ3n) is 3.05. The van der Waals surface area contributed by atoms with E-state index >= 15 is 0 Å². The van der Waals surface area contributed by atoms with Gasteiger partial charge in [-0.05, 0) is 49.2 Å². The Kier molecular flexibility index (Phi) is 5.96. The average Bonchev–Trinajstić information content (AvgIpc) is 2.51. The number of aromatic nitrogens is 2. The molecule has 0 saturated heterocycles. The molecule has 1 heterocycles. The molecule has 0 fully saturated rings. The van der Waals surface area contributed by atoms with Crippen LogP contribution < -0.4 is 10.1 Å². The molecule has 0 aliphatic heterocycles. The fourth-order valence-corrected chi connectivity index (χ4v) is 2.15. The summed E-state index contributed by atoms with van der Waals surface area (Å²) in [6.07, 6.45) is 1.97. The summed E-state index contributed by atoms with van der Waals surface area (Å²) in [6.45, 7) is 5.89. The van der Waals surface area contributed by atoms with Gasteiger partial charge in [-0.15, -0.1) is 5.10 Å². The number of ether oxygens (including phenoxy) is 1. The molecule has 21 heavy (non-hydrogen) atoms. The van der Waals surface area contributed by atoms with Crippen LogP contribution in [0.3, 0.4) is 0 Å². The van der Waals surface area contributed by atoms with Crippen LogP contribution in [0, 0.1) is 0 Å². The van der Waals surface area contributed by atoms with Crippen molar-refractivity contribution in [2.24, 2.45) is 0 Å². The lowest BCUT2D eigenvalue weighted by molar-refractivity contribution is 0.452.